The SMILES string of the molecule is CC(=O)c1ccc(-c2cc(F)cc(C(=O)Nc3ccc(-n4cccn4)cc3)c2)nc1. The van der Waals surface area contributed by atoms with Crippen LogP contribution in [0.25, 0.3) is 16.9 Å². The molecular formula is C23H17FN4O2. The van der Waals surface area contributed by atoms with Crippen LogP contribution in [0, 0.1) is 5.82 Å². The summed E-state index contributed by atoms with van der Waals surface area (Å²) in [6.45, 7) is 1.45. The highest BCUT2D eigenvalue weighted by Gasteiger charge is 2.12. The van der Waals surface area contributed by atoms with E-state index >= 15 is 0 Å². The monoisotopic (exact) mass is 400 g/mol. The lowest BCUT2D eigenvalue weighted by molar-refractivity contribution is 0.101. The molecule has 0 unspecified atom stereocenters. The van der Waals surface area contributed by atoms with Gasteiger partial charge in [-0.3, -0.25) is 14.6 Å². The second-order valence-corrected chi connectivity index (χ2v) is 6.67. The maximum atomic E-state index is 14.2. The Bertz CT molecular complexity index is 1200. The number of benzene rings is 2. The van der Waals surface area contributed by atoms with Crippen molar-refractivity contribution < 1.29 is 14.0 Å². The number of amides is 1. The quantitative estimate of drug-likeness (QED) is 0.500. The summed E-state index contributed by atoms with van der Waals surface area (Å²) in [5, 5.41) is 6.91. The van der Waals surface area contributed by atoms with Crippen LogP contribution in [0.4, 0.5) is 10.1 Å². The van der Waals surface area contributed by atoms with Crippen LogP contribution >= 0.6 is 0 Å². The van der Waals surface area contributed by atoms with Gasteiger partial charge in [-0.15, -0.1) is 0 Å². The van der Waals surface area contributed by atoms with Gasteiger partial charge in [0, 0.05) is 41.0 Å². The highest BCUT2D eigenvalue weighted by Crippen LogP contribution is 2.22. The van der Waals surface area contributed by atoms with Gasteiger partial charge in [0.2, 0.25) is 0 Å². The summed E-state index contributed by atoms with van der Waals surface area (Å²) in [4.78, 5) is 28.2. The molecule has 0 fully saturated rings. The molecule has 148 valence electrons. The number of pyridine rings is 1. The minimum absolute atomic E-state index is 0.105. The average molecular weight is 400 g/mol. The summed E-state index contributed by atoms with van der Waals surface area (Å²) >= 11 is 0. The van der Waals surface area contributed by atoms with Crippen molar-refractivity contribution in [2.75, 3.05) is 5.32 Å². The van der Waals surface area contributed by atoms with Gasteiger partial charge in [-0.25, -0.2) is 9.07 Å². The summed E-state index contributed by atoms with van der Waals surface area (Å²) in [6.07, 6.45) is 4.93. The van der Waals surface area contributed by atoms with E-state index in [-0.39, 0.29) is 11.3 Å². The minimum Gasteiger partial charge on any atom is -0.322 e. The third kappa shape index (κ3) is 4.15. The van der Waals surface area contributed by atoms with Gasteiger partial charge < -0.3 is 5.32 Å². The van der Waals surface area contributed by atoms with Crippen LogP contribution in [0.1, 0.15) is 27.6 Å². The molecule has 0 saturated carbocycles. The van der Waals surface area contributed by atoms with Crippen LogP contribution < -0.4 is 5.32 Å². The van der Waals surface area contributed by atoms with Gasteiger partial charge in [0.25, 0.3) is 5.91 Å². The van der Waals surface area contributed by atoms with Crippen molar-refractivity contribution in [3.8, 4) is 16.9 Å². The molecule has 0 aliphatic heterocycles. The number of ketones is 1. The molecule has 0 radical (unpaired) electrons. The van der Waals surface area contributed by atoms with E-state index in [9.17, 15) is 14.0 Å². The number of halogens is 1. The topological polar surface area (TPSA) is 76.9 Å². The first kappa shape index (κ1) is 19.2. The fourth-order valence-electron chi connectivity index (χ4n) is 2.96. The number of carbonyl (C=O) groups is 2. The average Bonchev–Trinajstić information content (AvgIpc) is 3.29. The highest BCUT2D eigenvalue weighted by molar-refractivity contribution is 6.05. The highest BCUT2D eigenvalue weighted by atomic mass is 19.1. The fraction of sp³-hybridized carbons (Fsp3) is 0.0435. The normalized spacial score (nSPS) is 10.6. The molecule has 1 N–H and O–H groups in total. The van der Waals surface area contributed by atoms with Crippen molar-refractivity contribution >= 4 is 17.4 Å². The van der Waals surface area contributed by atoms with E-state index < -0.39 is 11.7 Å². The Morgan fingerprint density at radius 1 is 1.00 bits per heavy atom. The van der Waals surface area contributed by atoms with Crippen LogP contribution in [0.3, 0.4) is 0 Å². The standard InChI is InChI=1S/C23H17FN4O2/c1-15(29)16-3-8-22(25-14-16)17-11-18(13-19(24)12-17)23(30)27-20-4-6-21(7-5-20)28-10-2-9-26-28/h2-14H,1H3,(H,27,30). The summed E-state index contributed by atoms with van der Waals surface area (Å²) in [5.41, 5.74) is 2.98. The lowest BCUT2D eigenvalue weighted by Crippen LogP contribution is -2.12. The number of hydrogen-bond acceptors (Lipinski definition) is 4. The number of carbonyl (C=O) groups excluding carboxylic acids is 2. The Kier molecular flexibility index (Phi) is 5.17. The number of hydrogen-bond donors (Lipinski definition) is 1. The summed E-state index contributed by atoms with van der Waals surface area (Å²) < 4.78 is 15.9. The number of nitrogens with zero attached hydrogens (tertiary/aromatic N) is 3. The van der Waals surface area contributed by atoms with Crippen LogP contribution in [-0.2, 0) is 0 Å². The molecule has 2 aromatic carbocycles. The molecule has 0 spiro atoms. The maximum Gasteiger partial charge on any atom is 0.255 e. The summed E-state index contributed by atoms with van der Waals surface area (Å²) in [7, 11) is 0. The van der Waals surface area contributed by atoms with E-state index in [4.69, 9.17) is 0 Å². The Morgan fingerprint density at radius 3 is 2.43 bits per heavy atom. The van der Waals surface area contributed by atoms with E-state index in [1.54, 1.807) is 41.2 Å². The molecule has 0 saturated heterocycles. The molecule has 0 bridgehead atoms. The Balaban J connectivity index is 1.55. The second-order valence-electron chi connectivity index (χ2n) is 6.67. The fourth-order valence-corrected chi connectivity index (χ4v) is 2.96. The van der Waals surface area contributed by atoms with E-state index in [0.29, 0.717) is 22.5 Å². The zero-order chi connectivity index (χ0) is 21.1. The predicted molar refractivity (Wildman–Crippen MR) is 111 cm³/mol. The Hall–Kier alpha value is -4.13. The largest absolute Gasteiger partial charge is 0.322 e. The van der Waals surface area contributed by atoms with Crippen molar-refractivity contribution in [3.63, 3.8) is 0 Å². The number of rotatable bonds is 5. The second kappa shape index (κ2) is 8.08. The Labute approximate surface area is 172 Å². The van der Waals surface area contributed by atoms with Crippen LogP contribution in [0.5, 0.6) is 0 Å². The molecule has 2 heterocycles. The Morgan fingerprint density at radius 2 is 1.80 bits per heavy atom. The first-order valence-electron chi connectivity index (χ1n) is 9.19. The van der Waals surface area contributed by atoms with Crippen molar-refractivity contribution in [1.29, 1.82) is 0 Å². The zero-order valence-electron chi connectivity index (χ0n) is 16.0. The smallest absolute Gasteiger partial charge is 0.255 e. The van der Waals surface area contributed by atoms with Gasteiger partial charge in [0.05, 0.1) is 11.4 Å². The van der Waals surface area contributed by atoms with Crippen LogP contribution in [-0.4, -0.2) is 26.5 Å². The van der Waals surface area contributed by atoms with Gasteiger partial charge in [-0.1, -0.05) is 0 Å². The molecule has 0 aliphatic carbocycles. The molecule has 0 atom stereocenters. The number of anilines is 1. The molecule has 6 nitrogen and oxygen atoms in total. The van der Waals surface area contributed by atoms with Gasteiger partial charge >= 0.3 is 0 Å². The molecule has 30 heavy (non-hydrogen) atoms. The molecule has 2 aromatic heterocycles. The van der Waals surface area contributed by atoms with Gasteiger partial charge in [0.15, 0.2) is 5.78 Å². The minimum atomic E-state index is -0.552. The summed E-state index contributed by atoms with van der Waals surface area (Å²) in [6, 6.07) is 16.2. The first-order chi connectivity index (χ1) is 14.5. The molecular weight excluding hydrogens is 383 g/mol. The van der Waals surface area contributed by atoms with Crippen molar-refractivity contribution in [3.05, 3.63) is 96.2 Å². The zero-order valence-corrected chi connectivity index (χ0v) is 16.0. The van der Waals surface area contributed by atoms with Gasteiger partial charge in [0.1, 0.15) is 5.82 Å². The molecule has 7 heteroatoms. The van der Waals surface area contributed by atoms with E-state index in [1.165, 1.54) is 25.3 Å². The van der Waals surface area contributed by atoms with Gasteiger partial charge in [-0.2, -0.15) is 5.10 Å². The molecule has 4 aromatic rings. The van der Waals surface area contributed by atoms with Crippen molar-refractivity contribution in [2.24, 2.45) is 0 Å². The maximum absolute atomic E-state index is 14.2. The van der Waals surface area contributed by atoms with Crippen LogP contribution in [0.2, 0.25) is 0 Å². The molecule has 4 rings (SSSR count). The predicted octanol–water partition coefficient (Wildman–Crippen LogP) is 4.53. The van der Waals surface area contributed by atoms with E-state index in [2.05, 4.69) is 15.4 Å². The summed E-state index contributed by atoms with van der Waals surface area (Å²) in [5.74, 6) is -1.10. The first-order valence-corrected chi connectivity index (χ1v) is 9.19. The number of aromatic nitrogens is 3. The van der Waals surface area contributed by atoms with Gasteiger partial charge in [-0.05, 0) is 67.6 Å². The number of Topliss-reactive ketones (excluding diaryl/α,β-unsaturated/α-hetero) is 1. The third-order valence-electron chi connectivity index (χ3n) is 4.52. The third-order valence-corrected chi connectivity index (χ3v) is 4.52. The van der Waals surface area contributed by atoms with Crippen LogP contribution in [0.15, 0.2) is 79.3 Å². The van der Waals surface area contributed by atoms with Crippen molar-refractivity contribution in [2.45, 2.75) is 6.92 Å². The van der Waals surface area contributed by atoms with E-state index in [1.807, 2.05) is 24.4 Å². The molecule has 1 amide bonds. The molecule has 0 aliphatic rings. The van der Waals surface area contributed by atoms with Crippen molar-refractivity contribution in [1.82, 2.24) is 14.8 Å². The number of nitrogens with one attached hydrogen (secondary N) is 1. The lowest BCUT2D eigenvalue weighted by atomic mass is 10.1. The van der Waals surface area contributed by atoms with E-state index in [0.717, 1.165) is 5.69 Å². The lowest BCUT2D eigenvalue weighted by Gasteiger charge is -2.09.